The molecule has 0 aliphatic carbocycles. The minimum absolute atomic E-state index is 0.382. The lowest BCUT2D eigenvalue weighted by Crippen LogP contribution is -2.02. The van der Waals surface area contributed by atoms with E-state index in [0.717, 1.165) is 25.0 Å². The van der Waals surface area contributed by atoms with Crippen LogP contribution in [-0.4, -0.2) is 19.9 Å². The van der Waals surface area contributed by atoms with Gasteiger partial charge < -0.3 is 0 Å². The third-order valence-electron chi connectivity index (χ3n) is 6.51. The molecule has 0 saturated carbocycles. The number of hydrogen-bond donors (Lipinski definition) is 0. The molecule has 0 heterocycles. The molecule has 0 amide bonds. The first kappa shape index (κ1) is 32.3. The molecule has 0 atom stereocenters. The van der Waals surface area contributed by atoms with Crippen molar-refractivity contribution in [2.75, 3.05) is 11.5 Å². The molecule has 0 aliphatic rings. The highest BCUT2D eigenvalue weighted by Gasteiger charge is 2.10. The van der Waals surface area contributed by atoms with Gasteiger partial charge in [-0.3, -0.25) is 0 Å². The van der Waals surface area contributed by atoms with Crippen LogP contribution in [0.1, 0.15) is 168 Å². The van der Waals surface area contributed by atoms with Gasteiger partial charge in [0.15, 0.2) is 0 Å². The van der Waals surface area contributed by atoms with Crippen LogP contribution in [0.25, 0.3) is 0 Å². The summed E-state index contributed by atoms with van der Waals surface area (Å²) in [4.78, 5) is 0. The largest absolute Gasteiger partial charge is 0.217 e. The van der Waals surface area contributed by atoms with Crippen molar-refractivity contribution in [3.63, 3.8) is 0 Å². The van der Waals surface area contributed by atoms with E-state index in [1.165, 1.54) is 146 Å². The SMILES string of the molecule is CCCCCCCCCCCCCCSS(=O)(=O)CCCCCCCCCCCCCC. The summed E-state index contributed by atoms with van der Waals surface area (Å²) in [5.74, 6) is 1.17. The van der Waals surface area contributed by atoms with Gasteiger partial charge in [0.1, 0.15) is 0 Å². The van der Waals surface area contributed by atoms with Crippen LogP contribution in [0, 0.1) is 0 Å². The van der Waals surface area contributed by atoms with E-state index >= 15 is 0 Å². The average Bonchev–Trinajstić information content (AvgIpc) is 2.77. The maximum atomic E-state index is 12.2. The Morgan fingerprint density at radius 1 is 0.406 bits per heavy atom. The molecule has 32 heavy (non-hydrogen) atoms. The molecule has 0 radical (unpaired) electrons. The first-order chi connectivity index (χ1) is 15.6. The average molecular weight is 491 g/mol. The van der Waals surface area contributed by atoms with Gasteiger partial charge in [-0.2, -0.15) is 0 Å². The van der Waals surface area contributed by atoms with Crippen LogP contribution in [0.4, 0.5) is 0 Å². The van der Waals surface area contributed by atoms with E-state index in [-0.39, 0.29) is 0 Å². The molecule has 0 N–H and O–H groups in total. The highest BCUT2D eigenvalue weighted by atomic mass is 33.1. The van der Waals surface area contributed by atoms with Crippen molar-refractivity contribution >= 4 is 19.7 Å². The normalized spacial score (nSPS) is 11.9. The maximum absolute atomic E-state index is 12.2. The van der Waals surface area contributed by atoms with Gasteiger partial charge in [0.25, 0.3) is 0 Å². The molecule has 0 aromatic heterocycles. The third-order valence-corrected chi connectivity index (χ3v) is 10.2. The highest BCUT2D eigenvalue weighted by molar-refractivity contribution is 8.72. The summed E-state index contributed by atoms with van der Waals surface area (Å²) in [6.07, 6.45) is 31.4. The molecule has 4 heteroatoms. The molecule has 0 fully saturated rings. The fraction of sp³-hybridized carbons (Fsp3) is 1.00. The van der Waals surface area contributed by atoms with Crippen LogP contribution in [0.15, 0.2) is 0 Å². The smallest absolute Gasteiger partial charge is 0.201 e. The van der Waals surface area contributed by atoms with Crippen LogP contribution < -0.4 is 0 Å². The molecular formula is C28H58O2S2. The predicted octanol–water partition coefficient (Wildman–Crippen LogP) is 10.5. The Labute approximate surface area is 207 Å². The summed E-state index contributed by atoms with van der Waals surface area (Å²) in [6.45, 7) is 4.54. The van der Waals surface area contributed by atoms with Crippen LogP contribution in [-0.2, 0) is 8.87 Å². The zero-order chi connectivity index (χ0) is 23.6. The van der Waals surface area contributed by atoms with Crippen LogP contribution in [0.3, 0.4) is 0 Å². The first-order valence-corrected chi connectivity index (χ1v) is 17.6. The van der Waals surface area contributed by atoms with Crippen LogP contribution in [0.2, 0.25) is 0 Å². The Kier molecular flexibility index (Phi) is 26.2. The van der Waals surface area contributed by atoms with Crippen molar-refractivity contribution in [3.8, 4) is 0 Å². The summed E-state index contributed by atoms with van der Waals surface area (Å²) in [5, 5.41) is 0. The lowest BCUT2D eigenvalue weighted by atomic mass is 10.1. The van der Waals surface area contributed by atoms with Gasteiger partial charge in [0.2, 0.25) is 8.87 Å². The summed E-state index contributed by atoms with van der Waals surface area (Å²) in [6, 6.07) is 0. The molecule has 0 bridgehead atoms. The van der Waals surface area contributed by atoms with Gasteiger partial charge >= 0.3 is 0 Å². The lowest BCUT2D eigenvalue weighted by Gasteiger charge is -2.05. The Balaban J connectivity index is 3.31. The second-order valence-electron chi connectivity index (χ2n) is 9.86. The number of hydrogen-bond acceptors (Lipinski definition) is 3. The van der Waals surface area contributed by atoms with E-state index in [4.69, 9.17) is 0 Å². The van der Waals surface area contributed by atoms with Gasteiger partial charge in [-0.05, 0) is 23.6 Å². The van der Waals surface area contributed by atoms with Gasteiger partial charge in [0.05, 0.1) is 5.75 Å². The number of unbranched alkanes of at least 4 members (excludes halogenated alkanes) is 22. The van der Waals surface area contributed by atoms with Gasteiger partial charge in [-0.1, -0.05) is 155 Å². The summed E-state index contributed by atoms with van der Waals surface area (Å²) in [5.41, 5.74) is 0. The fourth-order valence-electron chi connectivity index (χ4n) is 4.31. The fourth-order valence-corrected chi connectivity index (χ4v) is 7.38. The topological polar surface area (TPSA) is 34.1 Å². The van der Waals surface area contributed by atoms with Crippen molar-refractivity contribution in [3.05, 3.63) is 0 Å². The summed E-state index contributed by atoms with van der Waals surface area (Å²) >= 11 is 0. The molecule has 2 nitrogen and oxygen atoms in total. The second kappa shape index (κ2) is 25.9. The van der Waals surface area contributed by atoms with E-state index in [0.29, 0.717) is 5.75 Å². The standard InChI is InChI=1S/C28H58O2S2/c1-3-5-7-9-11-13-15-17-19-21-23-25-27-31-32(29,30)28-26-24-22-20-18-16-14-12-10-8-6-4-2/h3-28H2,1-2H3. The van der Waals surface area contributed by atoms with Crippen molar-refractivity contribution in [2.45, 2.75) is 168 Å². The molecule has 0 rings (SSSR count). The van der Waals surface area contributed by atoms with E-state index in [1.54, 1.807) is 0 Å². The van der Waals surface area contributed by atoms with E-state index < -0.39 is 8.87 Å². The Bertz CT molecular complexity index is 448. The number of rotatable bonds is 27. The van der Waals surface area contributed by atoms with Crippen molar-refractivity contribution < 1.29 is 8.42 Å². The second-order valence-corrected chi connectivity index (χ2v) is 14.3. The Morgan fingerprint density at radius 2 is 0.688 bits per heavy atom. The quantitative estimate of drug-likeness (QED) is 0.0848. The van der Waals surface area contributed by atoms with E-state index in [9.17, 15) is 8.42 Å². The van der Waals surface area contributed by atoms with Crippen LogP contribution in [0.5, 0.6) is 0 Å². The maximum Gasteiger partial charge on any atom is 0.201 e. The molecule has 0 saturated heterocycles. The summed E-state index contributed by atoms with van der Waals surface area (Å²) < 4.78 is 24.4. The highest BCUT2D eigenvalue weighted by Crippen LogP contribution is 2.19. The van der Waals surface area contributed by atoms with Crippen molar-refractivity contribution in [1.29, 1.82) is 0 Å². The van der Waals surface area contributed by atoms with Gasteiger partial charge in [0, 0.05) is 5.75 Å². The van der Waals surface area contributed by atoms with Crippen LogP contribution >= 0.6 is 10.8 Å². The minimum Gasteiger partial charge on any atom is -0.217 e. The van der Waals surface area contributed by atoms with E-state index in [1.807, 2.05) is 0 Å². The summed E-state index contributed by atoms with van der Waals surface area (Å²) in [7, 11) is -1.68. The molecule has 0 aromatic rings. The minimum atomic E-state index is -2.89. The molecule has 0 aromatic carbocycles. The zero-order valence-corrected chi connectivity index (χ0v) is 23.7. The third kappa shape index (κ3) is 26.6. The first-order valence-electron chi connectivity index (χ1n) is 14.5. The molecule has 0 unspecified atom stereocenters. The van der Waals surface area contributed by atoms with Crippen molar-refractivity contribution in [1.82, 2.24) is 0 Å². The Hall–Kier alpha value is 0.300. The van der Waals surface area contributed by atoms with Crippen molar-refractivity contribution in [2.24, 2.45) is 0 Å². The molecule has 0 spiro atoms. The van der Waals surface area contributed by atoms with Gasteiger partial charge in [-0.15, -0.1) is 0 Å². The zero-order valence-electron chi connectivity index (χ0n) is 22.0. The molecular weight excluding hydrogens is 432 g/mol. The Morgan fingerprint density at radius 3 is 1.03 bits per heavy atom. The predicted molar refractivity (Wildman–Crippen MR) is 148 cm³/mol. The van der Waals surface area contributed by atoms with Gasteiger partial charge in [-0.25, -0.2) is 8.42 Å². The monoisotopic (exact) mass is 490 g/mol. The lowest BCUT2D eigenvalue weighted by molar-refractivity contribution is 0.546. The van der Waals surface area contributed by atoms with E-state index in [2.05, 4.69) is 13.8 Å². The molecule has 0 aliphatic heterocycles. The molecule has 194 valence electrons.